The fourth-order valence-corrected chi connectivity index (χ4v) is 3.38. The van der Waals surface area contributed by atoms with Gasteiger partial charge in [-0.3, -0.25) is 4.79 Å². The molecule has 156 valence electrons. The highest BCUT2D eigenvalue weighted by atomic mass is 32.2. The van der Waals surface area contributed by atoms with Crippen molar-refractivity contribution >= 4 is 22.0 Å². The van der Waals surface area contributed by atoms with Gasteiger partial charge in [-0.15, -0.1) is 0 Å². The topological polar surface area (TPSA) is 75.7 Å². The number of hydrogen-bond acceptors (Lipinski definition) is 4. The van der Waals surface area contributed by atoms with E-state index in [1.165, 1.54) is 32.3 Å². The van der Waals surface area contributed by atoms with Gasteiger partial charge in [-0.25, -0.2) is 12.7 Å². The number of nitrogens with zero attached hydrogens (tertiary/aromatic N) is 1. The number of hydrogen-bond donors (Lipinski definition) is 1. The summed E-state index contributed by atoms with van der Waals surface area (Å²) < 4.78 is 30.9. The van der Waals surface area contributed by atoms with Gasteiger partial charge < -0.3 is 10.1 Å². The standard InChI is InChI=1S/C22H28N2O4S/c1-18(16-28-17-20-7-5-4-6-8-20)15-23-22(25)14-11-19-9-12-21(13-10-19)29(26,27)24(2)3/h4-14,18H,15-17H2,1-3H3,(H,23,25)/b14-11+. The average molecular weight is 417 g/mol. The van der Waals surface area contributed by atoms with Crippen molar-refractivity contribution < 1.29 is 17.9 Å². The van der Waals surface area contributed by atoms with Crippen LogP contribution in [0.2, 0.25) is 0 Å². The molecule has 1 atom stereocenters. The van der Waals surface area contributed by atoms with Crippen LogP contribution in [0.1, 0.15) is 18.1 Å². The molecular weight excluding hydrogens is 388 g/mol. The number of benzene rings is 2. The summed E-state index contributed by atoms with van der Waals surface area (Å²) in [5.74, 6) is -0.0171. The fraction of sp³-hybridized carbons (Fsp3) is 0.318. The van der Waals surface area contributed by atoms with Gasteiger partial charge in [0, 0.05) is 26.7 Å². The second-order valence-electron chi connectivity index (χ2n) is 7.04. The second-order valence-corrected chi connectivity index (χ2v) is 9.19. The summed E-state index contributed by atoms with van der Waals surface area (Å²) in [6, 6.07) is 16.3. The number of rotatable bonds is 10. The maximum atomic E-state index is 12.0. The van der Waals surface area contributed by atoms with Gasteiger partial charge in [0.1, 0.15) is 0 Å². The normalized spacial score (nSPS) is 13.0. The Labute approximate surface area is 173 Å². The number of nitrogens with one attached hydrogen (secondary N) is 1. The van der Waals surface area contributed by atoms with E-state index in [2.05, 4.69) is 5.32 Å². The Kier molecular flexibility index (Phi) is 8.57. The van der Waals surface area contributed by atoms with Gasteiger partial charge in [0.15, 0.2) is 0 Å². The van der Waals surface area contributed by atoms with Crippen LogP contribution in [0.5, 0.6) is 0 Å². The summed E-state index contributed by atoms with van der Waals surface area (Å²) >= 11 is 0. The lowest BCUT2D eigenvalue weighted by Crippen LogP contribution is -2.28. The molecule has 2 aromatic carbocycles. The zero-order valence-corrected chi connectivity index (χ0v) is 17.9. The molecule has 0 aliphatic carbocycles. The summed E-state index contributed by atoms with van der Waals surface area (Å²) in [6.45, 7) is 3.64. The Morgan fingerprint density at radius 1 is 1.10 bits per heavy atom. The molecule has 0 saturated heterocycles. The van der Waals surface area contributed by atoms with E-state index in [1.54, 1.807) is 18.2 Å². The SMILES string of the molecule is CC(CNC(=O)/C=C/c1ccc(S(=O)(=O)N(C)C)cc1)COCc1ccccc1. The van der Waals surface area contributed by atoms with E-state index in [0.717, 1.165) is 15.4 Å². The molecule has 1 N–H and O–H groups in total. The summed E-state index contributed by atoms with van der Waals surface area (Å²) in [6.07, 6.45) is 3.09. The molecule has 1 amide bonds. The first kappa shape index (κ1) is 22.8. The van der Waals surface area contributed by atoms with Gasteiger partial charge in [0.05, 0.1) is 18.1 Å². The van der Waals surface area contributed by atoms with Crippen molar-refractivity contribution in [1.29, 1.82) is 0 Å². The van der Waals surface area contributed by atoms with Crippen LogP contribution >= 0.6 is 0 Å². The molecule has 2 aromatic rings. The molecule has 29 heavy (non-hydrogen) atoms. The number of carbonyl (C=O) groups excluding carboxylic acids is 1. The van der Waals surface area contributed by atoms with Gasteiger partial charge in [-0.05, 0) is 35.3 Å². The van der Waals surface area contributed by atoms with Crippen molar-refractivity contribution in [3.05, 3.63) is 71.8 Å². The Morgan fingerprint density at radius 2 is 1.76 bits per heavy atom. The maximum Gasteiger partial charge on any atom is 0.244 e. The minimum atomic E-state index is -3.45. The average Bonchev–Trinajstić information content (AvgIpc) is 2.71. The molecular formula is C22H28N2O4S. The monoisotopic (exact) mass is 416 g/mol. The van der Waals surface area contributed by atoms with Crippen LogP contribution < -0.4 is 5.32 Å². The van der Waals surface area contributed by atoms with Crippen molar-refractivity contribution in [3.63, 3.8) is 0 Å². The van der Waals surface area contributed by atoms with E-state index in [9.17, 15) is 13.2 Å². The van der Waals surface area contributed by atoms with E-state index in [-0.39, 0.29) is 16.7 Å². The van der Waals surface area contributed by atoms with Crippen molar-refractivity contribution in [3.8, 4) is 0 Å². The molecule has 0 heterocycles. The van der Waals surface area contributed by atoms with E-state index in [0.29, 0.717) is 19.8 Å². The van der Waals surface area contributed by atoms with Crippen LogP contribution in [0, 0.1) is 5.92 Å². The van der Waals surface area contributed by atoms with Gasteiger partial charge in [0.2, 0.25) is 15.9 Å². The maximum absolute atomic E-state index is 12.0. The van der Waals surface area contributed by atoms with Gasteiger partial charge in [-0.2, -0.15) is 0 Å². The Morgan fingerprint density at radius 3 is 2.38 bits per heavy atom. The summed E-state index contributed by atoms with van der Waals surface area (Å²) in [4.78, 5) is 12.2. The molecule has 0 saturated carbocycles. The number of sulfonamides is 1. The third kappa shape index (κ3) is 7.45. The van der Waals surface area contributed by atoms with Crippen molar-refractivity contribution in [2.75, 3.05) is 27.2 Å². The molecule has 0 fully saturated rings. The van der Waals surface area contributed by atoms with E-state index < -0.39 is 10.0 Å². The zero-order valence-electron chi connectivity index (χ0n) is 17.0. The molecule has 6 nitrogen and oxygen atoms in total. The molecule has 0 aliphatic rings. The molecule has 2 rings (SSSR count). The van der Waals surface area contributed by atoms with Crippen LogP contribution in [0.3, 0.4) is 0 Å². The minimum absolute atomic E-state index is 0.187. The number of ether oxygens (including phenoxy) is 1. The highest BCUT2D eigenvalue weighted by Gasteiger charge is 2.16. The Bertz CT molecular complexity index is 908. The lowest BCUT2D eigenvalue weighted by atomic mass is 10.2. The molecule has 0 bridgehead atoms. The molecule has 7 heteroatoms. The number of carbonyl (C=O) groups is 1. The third-order valence-electron chi connectivity index (χ3n) is 4.22. The van der Waals surface area contributed by atoms with Gasteiger partial charge in [-0.1, -0.05) is 49.4 Å². The molecule has 0 radical (unpaired) electrons. The Balaban J connectivity index is 1.75. The van der Waals surface area contributed by atoms with Crippen LogP contribution in [0.25, 0.3) is 6.08 Å². The zero-order chi connectivity index (χ0) is 21.3. The molecule has 0 aromatic heterocycles. The van der Waals surface area contributed by atoms with E-state index in [4.69, 9.17) is 4.74 Å². The van der Waals surface area contributed by atoms with Crippen LogP contribution in [0.15, 0.2) is 65.6 Å². The highest BCUT2D eigenvalue weighted by Crippen LogP contribution is 2.14. The predicted molar refractivity (Wildman–Crippen MR) is 115 cm³/mol. The van der Waals surface area contributed by atoms with Crippen molar-refractivity contribution in [2.24, 2.45) is 5.92 Å². The lowest BCUT2D eigenvalue weighted by Gasteiger charge is -2.12. The number of amides is 1. The second kappa shape index (κ2) is 10.9. The largest absolute Gasteiger partial charge is 0.376 e. The summed E-state index contributed by atoms with van der Waals surface area (Å²) in [7, 11) is -0.476. The fourth-order valence-electron chi connectivity index (χ4n) is 2.48. The highest BCUT2D eigenvalue weighted by molar-refractivity contribution is 7.89. The van der Waals surface area contributed by atoms with Crippen molar-refractivity contribution in [1.82, 2.24) is 9.62 Å². The molecule has 0 spiro atoms. The smallest absolute Gasteiger partial charge is 0.244 e. The minimum Gasteiger partial charge on any atom is -0.376 e. The summed E-state index contributed by atoms with van der Waals surface area (Å²) in [5.41, 5.74) is 1.87. The predicted octanol–water partition coefficient (Wildman–Crippen LogP) is 2.92. The van der Waals surface area contributed by atoms with Gasteiger partial charge >= 0.3 is 0 Å². The quantitative estimate of drug-likeness (QED) is 0.604. The van der Waals surface area contributed by atoms with Crippen LogP contribution in [-0.4, -0.2) is 45.9 Å². The summed E-state index contributed by atoms with van der Waals surface area (Å²) in [5, 5.41) is 2.84. The molecule has 0 aliphatic heterocycles. The molecule has 1 unspecified atom stereocenters. The van der Waals surface area contributed by atoms with Crippen molar-refractivity contribution in [2.45, 2.75) is 18.4 Å². The first-order valence-electron chi connectivity index (χ1n) is 9.39. The first-order valence-corrected chi connectivity index (χ1v) is 10.8. The lowest BCUT2D eigenvalue weighted by molar-refractivity contribution is -0.116. The Hall–Kier alpha value is -2.48. The third-order valence-corrected chi connectivity index (χ3v) is 6.05. The van der Waals surface area contributed by atoms with E-state index >= 15 is 0 Å². The first-order chi connectivity index (χ1) is 13.8. The van der Waals surface area contributed by atoms with E-state index in [1.807, 2.05) is 37.3 Å². The van der Waals surface area contributed by atoms with Gasteiger partial charge in [0.25, 0.3) is 0 Å². The van der Waals surface area contributed by atoms with Crippen LogP contribution in [0.4, 0.5) is 0 Å². The van der Waals surface area contributed by atoms with Crippen LogP contribution in [-0.2, 0) is 26.2 Å².